The molecule has 2 rings (SSSR count). The van der Waals surface area contributed by atoms with Crippen molar-refractivity contribution in [2.24, 2.45) is 0 Å². The van der Waals surface area contributed by atoms with Crippen LogP contribution in [0.5, 0.6) is 11.6 Å². The second-order valence-corrected chi connectivity index (χ2v) is 4.79. The van der Waals surface area contributed by atoms with E-state index in [2.05, 4.69) is 18.8 Å². The molecule has 21 heavy (non-hydrogen) atoms. The molecule has 1 atom stereocenters. The monoisotopic (exact) mass is 287 g/mol. The zero-order valence-electron chi connectivity index (χ0n) is 11.9. The Kier molecular flexibility index (Phi) is 4.37. The molecule has 2 aromatic rings. The molecule has 1 heterocycles. The first-order valence-electron chi connectivity index (χ1n) is 6.70. The van der Waals surface area contributed by atoms with Crippen molar-refractivity contribution in [3.8, 4) is 11.6 Å². The van der Waals surface area contributed by atoms with E-state index in [0.29, 0.717) is 11.7 Å². The normalized spacial score (nSPS) is 11.9. The standard InChI is InChI=1S/C15H17N3O3/c1-3-10(2)11-4-6-12(7-5-11)21-14-9-8-13(18(19)20)15(16)17-14/h4-10H,3H2,1-2H3,(H2,16,17). The average molecular weight is 287 g/mol. The fraction of sp³-hybridized carbons (Fsp3) is 0.267. The molecule has 0 radical (unpaired) electrons. The molecule has 0 saturated heterocycles. The van der Waals surface area contributed by atoms with Gasteiger partial charge in [0.1, 0.15) is 5.75 Å². The SMILES string of the molecule is CCC(C)c1ccc(Oc2ccc([N+](=O)[O-])c(N)n2)cc1. The minimum Gasteiger partial charge on any atom is -0.439 e. The number of nitro groups is 1. The number of rotatable bonds is 5. The van der Waals surface area contributed by atoms with Gasteiger partial charge in [-0.3, -0.25) is 10.1 Å². The predicted octanol–water partition coefficient (Wildman–Crippen LogP) is 3.88. The van der Waals surface area contributed by atoms with E-state index in [9.17, 15) is 10.1 Å². The molecule has 0 aliphatic rings. The predicted molar refractivity (Wildman–Crippen MR) is 80.5 cm³/mol. The highest BCUT2D eigenvalue weighted by atomic mass is 16.6. The summed E-state index contributed by atoms with van der Waals surface area (Å²) in [5.41, 5.74) is 6.53. The molecule has 1 unspecified atom stereocenters. The summed E-state index contributed by atoms with van der Waals surface area (Å²) in [4.78, 5) is 14.0. The molecule has 0 saturated carbocycles. The van der Waals surface area contributed by atoms with Crippen LogP contribution in [0.1, 0.15) is 31.7 Å². The molecule has 0 aliphatic heterocycles. The first kappa shape index (κ1) is 14.8. The Morgan fingerprint density at radius 1 is 1.29 bits per heavy atom. The fourth-order valence-electron chi connectivity index (χ4n) is 1.88. The van der Waals surface area contributed by atoms with E-state index < -0.39 is 4.92 Å². The van der Waals surface area contributed by atoms with Gasteiger partial charge in [-0.25, -0.2) is 0 Å². The zero-order chi connectivity index (χ0) is 15.4. The van der Waals surface area contributed by atoms with Gasteiger partial charge < -0.3 is 10.5 Å². The van der Waals surface area contributed by atoms with Crippen LogP contribution in [0, 0.1) is 10.1 Å². The van der Waals surface area contributed by atoms with Crippen LogP contribution in [-0.2, 0) is 0 Å². The number of hydrogen-bond donors (Lipinski definition) is 1. The smallest absolute Gasteiger partial charge is 0.311 e. The molecular formula is C15H17N3O3. The number of pyridine rings is 1. The first-order chi connectivity index (χ1) is 10.0. The van der Waals surface area contributed by atoms with Gasteiger partial charge in [0.05, 0.1) is 4.92 Å². The highest BCUT2D eigenvalue weighted by Gasteiger charge is 2.13. The molecule has 0 aliphatic carbocycles. The van der Waals surface area contributed by atoms with E-state index in [4.69, 9.17) is 10.5 Å². The largest absolute Gasteiger partial charge is 0.439 e. The van der Waals surface area contributed by atoms with Gasteiger partial charge in [-0.15, -0.1) is 0 Å². The molecule has 1 aromatic carbocycles. The third kappa shape index (κ3) is 3.47. The summed E-state index contributed by atoms with van der Waals surface area (Å²) in [5.74, 6) is 1.18. The maximum atomic E-state index is 10.7. The van der Waals surface area contributed by atoms with Gasteiger partial charge in [-0.2, -0.15) is 4.98 Å². The number of aromatic nitrogens is 1. The molecule has 110 valence electrons. The third-order valence-corrected chi connectivity index (χ3v) is 3.36. The van der Waals surface area contributed by atoms with Gasteiger partial charge in [-0.1, -0.05) is 26.0 Å². The molecule has 0 fully saturated rings. The third-order valence-electron chi connectivity index (χ3n) is 3.36. The Bertz CT molecular complexity index is 641. The van der Waals surface area contributed by atoms with Crippen molar-refractivity contribution >= 4 is 11.5 Å². The maximum absolute atomic E-state index is 10.7. The Morgan fingerprint density at radius 2 is 1.95 bits per heavy atom. The summed E-state index contributed by atoms with van der Waals surface area (Å²) in [5, 5.41) is 10.7. The highest BCUT2D eigenvalue weighted by molar-refractivity contribution is 5.53. The van der Waals surface area contributed by atoms with E-state index in [-0.39, 0.29) is 17.4 Å². The van der Waals surface area contributed by atoms with Gasteiger partial charge in [0.15, 0.2) is 0 Å². The van der Waals surface area contributed by atoms with Crippen molar-refractivity contribution in [3.05, 3.63) is 52.1 Å². The molecule has 0 bridgehead atoms. The van der Waals surface area contributed by atoms with E-state index >= 15 is 0 Å². The number of hydrogen-bond acceptors (Lipinski definition) is 5. The van der Waals surface area contributed by atoms with Crippen LogP contribution < -0.4 is 10.5 Å². The minimum absolute atomic E-state index is 0.159. The minimum atomic E-state index is -0.576. The molecule has 0 amide bonds. The lowest BCUT2D eigenvalue weighted by molar-refractivity contribution is -0.384. The van der Waals surface area contributed by atoms with Gasteiger partial charge in [0, 0.05) is 12.1 Å². The maximum Gasteiger partial charge on any atom is 0.311 e. The van der Waals surface area contributed by atoms with Crippen molar-refractivity contribution in [1.29, 1.82) is 0 Å². The lowest BCUT2D eigenvalue weighted by Gasteiger charge is -2.10. The summed E-state index contributed by atoms with van der Waals surface area (Å²) >= 11 is 0. The van der Waals surface area contributed by atoms with Crippen LogP contribution in [0.15, 0.2) is 36.4 Å². The van der Waals surface area contributed by atoms with Gasteiger partial charge in [0.2, 0.25) is 11.7 Å². The Balaban J connectivity index is 2.15. The van der Waals surface area contributed by atoms with Crippen LogP contribution in [0.2, 0.25) is 0 Å². The molecule has 1 aromatic heterocycles. The lowest BCUT2D eigenvalue weighted by atomic mass is 9.99. The topological polar surface area (TPSA) is 91.3 Å². The summed E-state index contributed by atoms with van der Waals surface area (Å²) in [7, 11) is 0. The van der Waals surface area contributed by atoms with E-state index in [0.717, 1.165) is 6.42 Å². The van der Waals surface area contributed by atoms with Crippen LogP contribution in [0.3, 0.4) is 0 Å². The zero-order valence-corrected chi connectivity index (χ0v) is 11.9. The Labute approximate surface area is 122 Å². The lowest BCUT2D eigenvalue weighted by Crippen LogP contribution is -1.99. The van der Waals surface area contributed by atoms with E-state index in [1.807, 2.05) is 24.3 Å². The van der Waals surface area contributed by atoms with E-state index in [1.165, 1.54) is 17.7 Å². The van der Waals surface area contributed by atoms with Crippen molar-refractivity contribution in [2.45, 2.75) is 26.2 Å². The highest BCUT2D eigenvalue weighted by Crippen LogP contribution is 2.27. The Morgan fingerprint density at radius 3 is 2.48 bits per heavy atom. The number of benzene rings is 1. The molecule has 2 N–H and O–H groups in total. The summed E-state index contributed by atoms with van der Waals surface area (Å²) in [6.45, 7) is 4.30. The summed E-state index contributed by atoms with van der Waals surface area (Å²) in [6.07, 6.45) is 1.07. The second kappa shape index (κ2) is 6.21. The first-order valence-corrected chi connectivity index (χ1v) is 6.70. The van der Waals surface area contributed by atoms with Crippen LogP contribution in [0.4, 0.5) is 11.5 Å². The number of nitrogens with two attached hydrogens (primary N) is 1. The molecule has 0 spiro atoms. The molecule has 6 heteroatoms. The number of nitrogen functional groups attached to an aromatic ring is 1. The van der Waals surface area contributed by atoms with Crippen molar-refractivity contribution in [3.63, 3.8) is 0 Å². The van der Waals surface area contributed by atoms with Gasteiger partial charge in [0.25, 0.3) is 0 Å². The summed E-state index contributed by atoms with van der Waals surface area (Å²) < 4.78 is 5.55. The van der Waals surface area contributed by atoms with Gasteiger partial charge >= 0.3 is 5.69 Å². The fourth-order valence-corrected chi connectivity index (χ4v) is 1.88. The van der Waals surface area contributed by atoms with Gasteiger partial charge in [-0.05, 0) is 30.0 Å². The average Bonchev–Trinajstić information content (AvgIpc) is 2.47. The van der Waals surface area contributed by atoms with Crippen molar-refractivity contribution in [1.82, 2.24) is 4.98 Å². The Hall–Kier alpha value is -2.63. The quantitative estimate of drug-likeness (QED) is 0.665. The number of anilines is 1. The van der Waals surface area contributed by atoms with Crippen molar-refractivity contribution in [2.75, 3.05) is 5.73 Å². The van der Waals surface area contributed by atoms with Crippen LogP contribution in [-0.4, -0.2) is 9.91 Å². The number of ether oxygens (including phenoxy) is 1. The van der Waals surface area contributed by atoms with Crippen LogP contribution >= 0.6 is 0 Å². The molecular weight excluding hydrogens is 270 g/mol. The summed E-state index contributed by atoms with van der Waals surface area (Å²) in [6, 6.07) is 10.4. The second-order valence-electron chi connectivity index (χ2n) is 4.79. The van der Waals surface area contributed by atoms with Crippen molar-refractivity contribution < 1.29 is 9.66 Å². The van der Waals surface area contributed by atoms with Crippen LogP contribution in [0.25, 0.3) is 0 Å². The number of nitrogens with zero attached hydrogens (tertiary/aromatic N) is 2. The molecule has 6 nitrogen and oxygen atoms in total. The van der Waals surface area contributed by atoms with E-state index in [1.54, 1.807) is 0 Å².